The number of nitrogens with zero attached hydrogens (tertiary/aromatic N) is 1. The fraction of sp³-hybridized carbons (Fsp3) is 0.765. The topological polar surface area (TPSA) is 165 Å². The molecule has 2 heterocycles. The Morgan fingerprint density at radius 1 is 0.637 bits per heavy atom. The molecule has 4 atom stereocenters. The molecule has 1 aliphatic heterocycles. The van der Waals surface area contributed by atoms with E-state index >= 15 is 14.4 Å². The number of allylic oxidation sites excluding steroid dienone is 1. The van der Waals surface area contributed by atoms with Crippen LogP contribution in [0.15, 0.2) is 34.0 Å². The first-order valence-corrected chi connectivity index (χ1v) is 31.0. The highest BCUT2D eigenvalue weighted by molar-refractivity contribution is 6.26. The van der Waals surface area contributed by atoms with Crippen LogP contribution < -0.4 is 10.6 Å². The van der Waals surface area contributed by atoms with Gasteiger partial charge >= 0.3 is 17.9 Å². The maximum absolute atomic E-state index is 15.7. The Bertz CT molecular complexity index is 2430. The van der Waals surface area contributed by atoms with Crippen LogP contribution in [0.5, 0.6) is 0 Å². The second-order valence-electron chi connectivity index (χ2n) is 29.8. The third-order valence-electron chi connectivity index (χ3n) is 19.3. The fourth-order valence-corrected chi connectivity index (χ4v) is 13.7. The van der Waals surface area contributed by atoms with Crippen LogP contribution in [0.25, 0.3) is 6.08 Å². The molecule has 0 bridgehead atoms. The SMILES string of the molecule is C=C(C)C(=O)OCCCC(CC)(CC)C(=O)NC1=NC(=Cc2[nH]c(NC(=O)C(CC)(CC)CC)c(C(=O)OC3C(C(C)(C)C)CC(C)CC3C(C)(C)C)c2C(C)C)C(C(C)C)=C1C(=O)OC1C(C(C)(C)C)CC(C)CC1C(C)(C)C. The standard InChI is InChI=1S/C68H112N4O8/c1-26-67(27-2,28-3)61(76)71-56-52(59(74)79-54-44(63(14,15)16)34-42(12)35-45(54)64(17,18)19)50(39(6)7)48(69-56)38-49-51(40(8)9)53(60(75)80-55-46(65(20,21)22)36-43(13)37-47(55)66(23,24)25)57(70-49)72-62(77)68(29-4,30-5)32-31-33-78-58(73)41(10)11/h38-40,42-47,54-55,69H,10,26-37H2,1-9,11-25H3,(H,71,76)(H,70,72,77). The molecule has 0 radical (unpaired) electrons. The van der Waals surface area contributed by atoms with Crippen molar-refractivity contribution >= 4 is 47.5 Å². The number of esters is 3. The minimum atomic E-state index is -0.891. The molecule has 452 valence electrons. The van der Waals surface area contributed by atoms with E-state index in [9.17, 15) is 9.59 Å². The van der Waals surface area contributed by atoms with Crippen molar-refractivity contribution in [3.05, 3.63) is 45.8 Å². The Hall–Kier alpha value is -4.48. The minimum Gasteiger partial charge on any atom is -0.462 e. The number of hydrogen-bond acceptors (Lipinski definition) is 9. The largest absolute Gasteiger partial charge is 0.462 e. The van der Waals surface area contributed by atoms with Gasteiger partial charge in [0, 0.05) is 45.8 Å². The third kappa shape index (κ3) is 15.4. The van der Waals surface area contributed by atoms with Crippen molar-refractivity contribution in [1.82, 2.24) is 10.3 Å². The van der Waals surface area contributed by atoms with Crippen molar-refractivity contribution in [2.45, 2.75) is 255 Å². The summed E-state index contributed by atoms with van der Waals surface area (Å²) >= 11 is 0. The van der Waals surface area contributed by atoms with E-state index in [1.54, 1.807) is 6.92 Å². The van der Waals surface area contributed by atoms with Gasteiger partial charge in [-0.25, -0.2) is 19.4 Å². The predicted molar refractivity (Wildman–Crippen MR) is 328 cm³/mol. The first kappa shape index (κ1) is 68.0. The van der Waals surface area contributed by atoms with Crippen LogP contribution in [0.1, 0.15) is 264 Å². The fourth-order valence-electron chi connectivity index (χ4n) is 13.7. The normalized spacial score (nSPS) is 24.0. The summed E-state index contributed by atoms with van der Waals surface area (Å²) in [5.74, 6) is -1.01. The lowest BCUT2D eigenvalue weighted by Gasteiger charge is -2.50. The van der Waals surface area contributed by atoms with Crippen LogP contribution in [0.2, 0.25) is 0 Å². The van der Waals surface area contributed by atoms with Crippen LogP contribution in [0, 0.1) is 73.9 Å². The Balaban J connectivity index is 2.09. The smallest absolute Gasteiger partial charge is 0.342 e. The Morgan fingerprint density at radius 3 is 1.43 bits per heavy atom. The van der Waals surface area contributed by atoms with Gasteiger partial charge in [0.1, 0.15) is 35.0 Å². The molecule has 2 fully saturated rings. The first-order valence-electron chi connectivity index (χ1n) is 31.0. The Kier molecular flexibility index (Phi) is 22.4. The van der Waals surface area contributed by atoms with Crippen molar-refractivity contribution in [1.29, 1.82) is 0 Å². The molecule has 3 aliphatic rings. The number of H-pyrrole nitrogens is 1. The molecule has 4 unspecified atom stereocenters. The van der Waals surface area contributed by atoms with Crippen molar-refractivity contribution < 1.29 is 38.2 Å². The molecule has 4 rings (SSSR count). The summed E-state index contributed by atoms with van der Waals surface area (Å²) in [6.45, 7) is 54.9. The molecule has 2 amide bonds. The van der Waals surface area contributed by atoms with Gasteiger partial charge in [-0.2, -0.15) is 0 Å². The minimum absolute atomic E-state index is 0.0567. The van der Waals surface area contributed by atoms with E-state index in [2.05, 4.69) is 119 Å². The highest BCUT2D eigenvalue weighted by Gasteiger charge is 2.51. The van der Waals surface area contributed by atoms with Crippen LogP contribution in [-0.4, -0.2) is 59.4 Å². The highest BCUT2D eigenvalue weighted by atomic mass is 16.6. The molecule has 80 heavy (non-hydrogen) atoms. The van der Waals surface area contributed by atoms with E-state index in [1.807, 2.05) is 68.4 Å². The first-order chi connectivity index (χ1) is 36.8. The number of carbonyl (C=O) groups is 5. The molecule has 1 aromatic rings. The second-order valence-corrected chi connectivity index (χ2v) is 29.8. The number of anilines is 1. The number of aromatic nitrogens is 1. The molecular weight excluding hydrogens is 1000 g/mol. The van der Waals surface area contributed by atoms with E-state index < -0.39 is 34.8 Å². The van der Waals surface area contributed by atoms with Crippen LogP contribution in [0.4, 0.5) is 5.82 Å². The van der Waals surface area contributed by atoms with Gasteiger partial charge in [-0.15, -0.1) is 0 Å². The number of carbonyl (C=O) groups excluding carboxylic acids is 5. The Morgan fingerprint density at radius 2 is 1.05 bits per heavy atom. The van der Waals surface area contributed by atoms with E-state index in [-0.39, 0.29) is 104 Å². The lowest BCUT2D eigenvalue weighted by atomic mass is 9.59. The molecule has 0 spiro atoms. The summed E-state index contributed by atoms with van der Waals surface area (Å²) in [6, 6.07) is 0. The maximum Gasteiger partial charge on any atom is 0.342 e. The quantitative estimate of drug-likeness (QED) is 0.0502. The van der Waals surface area contributed by atoms with Gasteiger partial charge in [-0.3, -0.25) is 9.59 Å². The summed E-state index contributed by atoms with van der Waals surface area (Å²) in [7, 11) is 0. The van der Waals surface area contributed by atoms with Crippen molar-refractivity contribution in [3.8, 4) is 0 Å². The summed E-state index contributed by atoms with van der Waals surface area (Å²) in [6.07, 6.45) is 8.37. The maximum atomic E-state index is 15.7. The number of ether oxygens (including phenoxy) is 3. The molecule has 0 aromatic carbocycles. The zero-order chi connectivity index (χ0) is 61.0. The van der Waals surface area contributed by atoms with Gasteiger partial charge in [0.25, 0.3) is 0 Å². The molecular formula is C68H112N4O8. The van der Waals surface area contributed by atoms with Crippen LogP contribution in [0.3, 0.4) is 0 Å². The van der Waals surface area contributed by atoms with Crippen LogP contribution in [-0.2, 0) is 33.4 Å². The molecule has 12 nitrogen and oxygen atoms in total. The lowest BCUT2D eigenvalue weighted by molar-refractivity contribution is -0.164. The zero-order valence-corrected chi connectivity index (χ0v) is 54.8. The van der Waals surface area contributed by atoms with Gasteiger partial charge in [0.15, 0.2) is 0 Å². The summed E-state index contributed by atoms with van der Waals surface area (Å²) in [4.78, 5) is 82.2. The van der Waals surface area contributed by atoms with Crippen molar-refractivity contribution in [2.24, 2.45) is 78.9 Å². The number of aliphatic imine (C=N–C) groups is 1. The van der Waals surface area contributed by atoms with Gasteiger partial charge < -0.3 is 29.8 Å². The molecule has 12 heteroatoms. The van der Waals surface area contributed by atoms with Gasteiger partial charge in [0.2, 0.25) is 11.8 Å². The third-order valence-corrected chi connectivity index (χ3v) is 19.3. The zero-order valence-electron chi connectivity index (χ0n) is 54.8. The lowest BCUT2D eigenvalue weighted by Crippen LogP contribution is -2.50. The van der Waals surface area contributed by atoms with Crippen LogP contribution >= 0.6 is 0 Å². The molecule has 2 aliphatic carbocycles. The number of hydrogen-bond donors (Lipinski definition) is 3. The average molecular weight is 1110 g/mol. The Labute approximate surface area is 485 Å². The number of aromatic amines is 1. The molecule has 1 aromatic heterocycles. The second kappa shape index (κ2) is 26.4. The average Bonchev–Trinajstić information content (AvgIpc) is 3.89. The monoisotopic (exact) mass is 1110 g/mol. The molecule has 0 saturated heterocycles. The van der Waals surface area contributed by atoms with E-state index in [0.717, 1.165) is 25.7 Å². The number of amides is 2. The van der Waals surface area contributed by atoms with Gasteiger partial charge in [-0.1, -0.05) is 166 Å². The number of rotatable bonds is 20. The van der Waals surface area contributed by atoms with Gasteiger partial charge in [-0.05, 0) is 140 Å². The summed E-state index contributed by atoms with van der Waals surface area (Å²) in [5, 5.41) is 6.47. The number of nitrogens with one attached hydrogen (secondary N) is 3. The molecule has 2 saturated carbocycles. The van der Waals surface area contributed by atoms with Gasteiger partial charge in [0.05, 0.1) is 12.3 Å². The van der Waals surface area contributed by atoms with Crippen molar-refractivity contribution in [2.75, 3.05) is 11.9 Å². The predicted octanol–water partition coefficient (Wildman–Crippen LogP) is 16.8. The summed E-state index contributed by atoms with van der Waals surface area (Å²) in [5.41, 5.74) is 0.742. The highest BCUT2D eigenvalue weighted by Crippen LogP contribution is 2.52. The summed E-state index contributed by atoms with van der Waals surface area (Å²) < 4.78 is 19.4. The molecule has 3 N–H and O–H groups in total. The number of amidine groups is 1. The van der Waals surface area contributed by atoms with Crippen molar-refractivity contribution in [3.63, 3.8) is 0 Å². The van der Waals surface area contributed by atoms with E-state index in [0.29, 0.717) is 84.9 Å². The van der Waals surface area contributed by atoms with E-state index in [1.165, 1.54) is 0 Å². The van der Waals surface area contributed by atoms with E-state index in [4.69, 9.17) is 19.2 Å².